The van der Waals surface area contributed by atoms with Gasteiger partial charge in [-0.05, 0) is 42.3 Å². The number of anilines is 1. The average molecular weight is 339 g/mol. The highest BCUT2D eigenvalue weighted by molar-refractivity contribution is 5.48. The molecular weight excluding hydrogens is 312 g/mol. The molecule has 133 valence electrons. The van der Waals surface area contributed by atoms with Gasteiger partial charge in [-0.15, -0.1) is 0 Å². The zero-order valence-corrected chi connectivity index (χ0v) is 14.8. The molecule has 0 aromatic heterocycles. The molecule has 0 amide bonds. The van der Waals surface area contributed by atoms with Crippen LogP contribution in [0.3, 0.4) is 0 Å². The number of nitrogens with one attached hydrogen (secondary N) is 1. The Kier molecular flexibility index (Phi) is 6.31. The number of aliphatic hydroxyl groups excluding tert-OH is 1. The quantitative estimate of drug-likeness (QED) is 0.814. The van der Waals surface area contributed by atoms with E-state index in [-0.39, 0.29) is 6.04 Å². The third-order valence-electron chi connectivity index (χ3n) is 4.75. The number of hydrogen-bond donors (Lipinski definition) is 2. The summed E-state index contributed by atoms with van der Waals surface area (Å²) >= 11 is 0. The summed E-state index contributed by atoms with van der Waals surface area (Å²) in [7, 11) is 0. The van der Waals surface area contributed by atoms with E-state index in [0.29, 0.717) is 13.0 Å². The number of nitrogens with zero attached hydrogens (tertiary/aromatic N) is 1. The van der Waals surface area contributed by atoms with Gasteiger partial charge >= 0.3 is 0 Å². The molecule has 2 N–H and O–H groups in total. The maximum absolute atomic E-state index is 10.5. The smallest absolute Gasteiger partial charge is 0.119 e. The number of ether oxygens (including phenoxy) is 1. The highest BCUT2D eigenvalue weighted by Gasteiger charge is 2.25. The van der Waals surface area contributed by atoms with Crippen LogP contribution in [0.5, 0.6) is 5.75 Å². The van der Waals surface area contributed by atoms with E-state index in [0.717, 1.165) is 31.8 Å². The summed E-state index contributed by atoms with van der Waals surface area (Å²) in [6, 6.07) is 19.2. The van der Waals surface area contributed by atoms with Gasteiger partial charge in [-0.1, -0.05) is 31.2 Å². The summed E-state index contributed by atoms with van der Waals surface area (Å²) in [6.45, 7) is 5.34. The van der Waals surface area contributed by atoms with Crippen molar-refractivity contribution in [3.63, 3.8) is 0 Å². The molecule has 2 aromatic carbocycles. The Morgan fingerprint density at radius 3 is 2.72 bits per heavy atom. The van der Waals surface area contributed by atoms with Gasteiger partial charge in [-0.3, -0.25) is 0 Å². The molecule has 1 aliphatic heterocycles. The largest absolute Gasteiger partial charge is 0.493 e. The normalized spacial score (nSPS) is 18.8. The van der Waals surface area contributed by atoms with Crippen LogP contribution >= 0.6 is 0 Å². The van der Waals surface area contributed by atoms with Crippen molar-refractivity contribution in [3.8, 4) is 5.75 Å². The molecule has 1 aliphatic rings. The second kappa shape index (κ2) is 8.88. The van der Waals surface area contributed by atoms with Crippen molar-refractivity contribution in [3.05, 3.63) is 60.2 Å². The van der Waals surface area contributed by atoms with Gasteiger partial charge in [0.2, 0.25) is 0 Å². The van der Waals surface area contributed by atoms with Crippen molar-refractivity contribution in [2.24, 2.45) is 0 Å². The number of rotatable bonds is 7. The molecule has 1 saturated heterocycles. The Bertz CT molecular complexity index is 630. The minimum atomic E-state index is -0.423. The number of benzene rings is 2. The van der Waals surface area contributed by atoms with Crippen molar-refractivity contribution in [1.82, 2.24) is 5.32 Å². The van der Waals surface area contributed by atoms with Crippen LogP contribution in [0, 0.1) is 6.07 Å². The second-order valence-corrected chi connectivity index (χ2v) is 6.47. The third kappa shape index (κ3) is 4.97. The number of piperazine rings is 1. The summed E-state index contributed by atoms with van der Waals surface area (Å²) in [5.74, 6) is 0.820. The zero-order valence-electron chi connectivity index (χ0n) is 14.8. The van der Waals surface area contributed by atoms with E-state index in [1.165, 1.54) is 11.3 Å². The van der Waals surface area contributed by atoms with Crippen LogP contribution in [-0.4, -0.2) is 43.5 Å². The SMILES string of the molecule is CCc1ccc(N2CCN[C@H]([C@@H](O)CCOc3cc[c]cc3)C2)cc1. The van der Waals surface area contributed by atoms with Crippen LogP contribution in [0.1, 0.15) is 18.9 Å². The van der Waals surface area contributed by atoms with Crippen molar-refractivity contribution >= 4 is 5.69 Å². The van der Waals surface area contributed by atoms with E-state index in [4.69, 9.17) is 4.74 Å². The fourth-order valence-corrected chi connectivity index (χ4v) is 3.18. The first kappa shape index (κ1) is 17.8. The van der Waals surface area contributed by atoms with Crippen molar-refractivity contribution < 1.29 is 9.84 Å². The Labute approximate surface area is 150 Å². The first-order chi connectivity index (χ1) is 12.3. The van der Waals surface area contributed by atoms with Crippen molar-refractivity contribution in [2.75, 3.05) is 31.1 Å². The Hall–Kier alpha value is -2.04. The van der Waals surface area contributed by atoms with E-state index >= 15 is 0 Å². The second-order valence-electron chi connectivity index (χ2n) is 6.47. The van der Waals surface area contributed by atoms with E-state index in [2.05, 4.69) is 47.5 Å². The summed E-state index contributed by atoms with van der Waals surface area (Å²) in [6.07, 6.45) is 1.25. The van der Waals surface area contributed by atoms with Crippen molar-refractivity contribution in [2.45, 2.75) is 31.9 Å². The van der Waals surface area contributed by atoms with Crippen molar-refractivity contribution in [1.29, 1.82) is 0 Å². The number of aliphatic hydroxyl groups is 1. The van der Waals surface area contributed by atoms with Gasteiger partial charge in [0.1, 0.15) is 5.75 Å². The topological polar surface area (TPSA) is 44.7 Å². The Morgan fingerprint density at radius 2 is 2.00 bits per heavy atom. The molecule has 1 radical (unpaired) electrons. The number of hydrogen-bond acceptors (Lipinski definition) is 4. The lowest BCUT2D eigenvalue weighted by Gasteiger charge is -2.37. The lowest BCUT2D eigenvalue weighted by Crippen LogP contribution is -2.56. The lowest BCUT2D eigenvalue weighted by molar-refractivity contribution is 0.0977. The van der Waals surface area contributed by atoms with Gasteiger partial charge in [-0.2, -0.15) is 0 Å². The predicted molar refractivity (Wildman–Crippen MR) is 101 cm³/mol. The van der Waals surface area contributed by atoms with Gasteiger partial charge < -0.3 is 20.1 Å². The monoisotopic (exact) mass is 339 g/mol. The molecular formula is C21H27N2O2. The molecule has 2 aromatic rings. The summed E-state index contributed by atoms with van der Waals surface area (Å²) < 4.78 is 5.68. The molecule has 1 heterocycles. The van der Waals surface area contributed by atoms with Crippen LogP contribution < -0.4 is 15.0 Å². The highest BCUT2D eigenvalue weighted by atomic mass is 16.5. The molecule has 0 saturated carbocycles. The van der Waals surface area contributed by atoms with Gasteiger partial charge in [0.05, 0.1) is 18.8 Å². The van der Waals surface area contributed by atoms with Crippen LogP contribution in [0.25, 0.3) is 0 Å². The number of aryl methyl sites for hydroxylation is 1. The van der Waals surface area contributed by atoms with Crippen LogP contribution in [-0.2, 0) is 6.42 Å². The first-order valence-electron chi connectivity index (χ1n) is 9.10. The Balaban J connectivity index is 1.49. The zero-order chi connectivity index (χ0) is 17.5. The molecule has 4 heteroatoms. The van der Waals surface area contributed by atoms with Gasteiger partial charge in [0.25, 0.3) is 0 Å². The fraction of sp³-hybridized carbons (Fsp3) is 0.429. The van der Waals surface area contributed by atoms with Gasteiger partial charge in [0.15, 0.2) is 0 Å². The van der Waals surface area contributed by atoms with Crippen LogP contribution in [0.2, 0.25) is 0 Å². The maximum Gasteiger partial charge on any atom is 0.119 e. The maximum atomic E-state index is 10.5. The molecule has 0 unspecified atom stereocenters. The predicted octanol–water partition coefficient (Wildman–Crippen LogP) is 2.66. The molecule has 25 heavy (non-hydrogen) atoms. The Morgan fingerprint density at radius 1 is 1.24 bits per heavy atom. The van der Waals surface area contributed by atoms with Crippen LogP contribution in [0.15, 0.2) is 48.5 Å². The molecule has 2 atom stereocenters. The van der Waals surface area contributed by atoms with E-state index < -0.39 is 6.10 Å². The molecule has 4 nitrogen and oxygen atoms in total. The standard InChI is InChI=1S/C21H27N2O2/c1-2-17-8-10-18(11-9-17)23-14-13-22-20(16-23)21(24)12-15-25-19-6-4-3-5-7-19/h4-11,20-22,24H,2,12-16H2,1H3/t20-,21-/m0/s1. The van der Waals surface area contributed by atoms with Crippen LogP contribution in [0.4, 0.5) is 5.69 Å². The molecule has 0 spiro atoms. The van der Waals surface area contributed by atoms with Gasteiger partial charge in [-0.25, -0.2) is 0 Å². The van der Waals surface area contributed by atoms with E-state index in [1.54, 1.807) is 0 Å². The molecule has 0 bridgehead atoms. The molecule has 3 rings (SSSR count). The van der Waals surface area contributed by atoms with Gasteiger partial charge in [0, 0.05) is 31.7 Å². The minimum Gasteiger partial charge on any atom is -0.493 e. The average Bonchev–Trinajstić information content (AvgIpc) is 2.69. The highest BCUT2D eigenvalue weighted by Crippen LogP contribution is 2.19. The van der Waals surface area contributed by atoms with E-state index in [1.807, 2.05) is 24.3 Å². The minimum absolute atomic E-state index is 0.0623. The first-order valence-corrected chi connectivity index (χ1v) is 9.10. The molecule has 0 aliphatic carbocycles. The third-order valence-corrected chi connectivity index (χ3v) is 4.75. The summed E-state index contributed by atoms with van der Waals surface area (Å²) in [5, 5.41) is 14.0. The summed E-state index contributed by atoms with van der Waals surface area (Å²) in [4.78, 5) is 2.34. The lowest BCUT2D eigenvalue weighted by atomic mass is 10.0. The summed E-state index contributed by atoms with van der Waals surface area (Å²) in [5.41, 5.74) is 2.58. The fourth-order valence-electron chi connectivity index (χ4n) is 3.18. The van der Waals surface area contributed by atoms with E-state index in [9.17, 15) is 5.11 Å². The molecule has 1 fully saturated rings.